The number of nitrogens with one attached hydrogen (secondary N) is 1. The summed E-state index contributed by atoms with van der Waals surface area (Å²) in [6.45, 7) is 0.352. The minimum Gasteiger partial charge on any atom is -0.486 e. The van der Waals surface area contributed by atoms with Crippen LogP contribution in [0.15, 0.2) is 60.8 Å². The van der Waals surface area contributed by atoms with Crippen molar-refractivity contribution in [3.63, 3.8) is 0 Å². The number of nitrogen functional groups attached to an aromatic ring is 1. The number of amides is 2. The molecule has 4 rings (SSSR count). The molecule has 0 fully saturated rings. The highest BCUT2D eigenvalue weighted by molar-refractivity contribution is 6.32. The molecule has 174 valence electrons. The molecule has 2 aromatic carbocycles. The van der Waals surface area contributed by atoms with Gasteiger partial charge in [-0.25, -0.2) is 4.98 Å². The lowest BCUT2D eigenvalue weighted by atomic mass is 9.99. The highest BCUT2D eigenvalue weighted by atomic mass is 35.5. The van der Waals surface area contributed by atoms with E-state index in [0.29, 0.717) is 35.1 Å². The van der Waals surface area contributed by atoms with Crippen LogP contribution in [0.3, 0.4) is 0 Å². The Morgan fingerprint density at radius 1 is 1.18 bits per heavy atom. The molecule has 2 amide bonds. The van der Waals surface area contributed by atoms with Crippen LogP contribution in [0.4, 0.5) is 5.82 Å². The van der Waals surface area contributed by atoms with Crippen molar-refractivity contribution in [2.75, 3.05) is 26.4 Å². The summed E-state index contributed by atoms with van der Waals surface area (Å²) in [5, 5.41) is 3.38. The molecule has 1 aromatic heterocycles. The van der Waals surface area contributed by atoms with E-state index in [1.54, 1.807) is 43.4 Å². The number of nitrogens with zero attached hydrogens (tertiary/aromatic N) is 2. The Bertz CT molecular complexity index is 1240. The van der Waals surface area contributed by atoms with E-state index >= 15 is 0 Å². The number of nitrogens with two attached hydrogens (primary N) is 1. The lowest BCUT2D eigenvalue weighted by molar-refractivity contribution is -0.116. The molecule has 7 nitrogen and oxygen atoms in total. The highest BCUT2D eigenvalue weighted by Gasteiger charge is 2.26. The molecule has 0 saturated heterocycles. The normalized spacial score (nSPS) is 14.5. The highest BCUT2D eigenvalue weighted by Crippen LogP contribution is 2.39. The van der Waals surface area contributed by atoms with E-state index in [9.17, 15) is 9.59 Å². The third kappa shape index (κ3) is 5.38. The SMILES string of the molecule is CN(C)C(=O)c1ccc(-c2cc(Cl)c3c(c2)CC(CNC(=O)C=Cc2ccc(N)nc2)O3)cc1. The molecule has 0 radical (unpaired) electrons. The van der Waals surface area contributed by atoms with E-state index in [0.717, 1.165) is 22.3 Å². The summed E-state index contributed by atoms with van der Waals surface area (Å²) in [5.41, 5.74) is 9.86. The predicted molar refractivity (Wildman–Crippen MR) is 134 cm³/mol. The molecule has 3 N–H and O–H groups in total. The zero-order chi connectivity index (χ0) is 24.2. The van der Waals surface area contributed by atoms with E-state index in [4.69, 9.17) is 22.1 Å². The maximum absolute atomic E-state index is 12.2. The lowest BCUT2D eigenvalue weighted by Gasteiger charge is -2.12. The second kappa shape index (κ2) is 9.97. The van der Waals surface area contributed by atoms with Crippen LogP contribution in [0.1, 0.15) is 21.5 Å². The zero-order valence-electron chi connectivity index (χ0n) is 18.9. The van der Waals surface area contributed by atoms with Gasteiger partial charge in [0.05, 0.1) is 11.6 Å². The van der Waals surface area contributed by atoms with Gasteiger partial charge >= 0.3 is 0 Å². The third-order valence-electron chi connectivity index (χ3n) is 5.46. The molecule has 0 aliphatic carbocycles. The lowest BCUT2D eigenvalue weighted by Crippen LogP contribution is -2.33. The number of hydrogen-bond donors (Lipinski definition) is 2. The van der Waals surface area contributed by atoms with Crippen LogP contribution in [0, 0.1) is 0 Å². The summed E-state index contributed by atoms with van der Waals surface area (Å²) < 4.78 is 5.99. The molecule has 2 heterocycles. The quantitative estimate of drug-likeness (QED) is 0.527. The number of rotatable bonds is 6. The molecule has 0 bridgehead atoms. The van der Waals surface area contributed by atoms with Gasteiger partial charge in [-0.3, -0.25) is 9.59 Å². The summed E-state index contributed by atoms with van der Waals surface area (Å²) in [4.78, 5) is 29.8. The van der Waals surface area contributed by atoms with Crippen LogP contribution in [0.25, 0.3) is 17.2 Å². The van der Waals surface area contributed by atoms with Crippen LogP contribution in [0.2, 0.25) is 5.02 Å². The van der Waals surface area contributed by atoms with Crippen molar-refractivity contribution in [3.05, 3.63) is 82.5 Å². The Balaban J connectivity index is 1.38. The minimum atomic E-state index is -0.226. The summed E-state index contributed by atoms with van der Waals surface area (Å²) in [5.74, 6) is 0.803. The number of halogens is 1. The van der Waals surface area contributed by atoms with Gasteiger partial charge in [-0.05, 0) is 59.2 Å². The van der Waals surface area contributed by atoms with Crippen molar-refractivity contribution in [1.82, 2.24) is 15.2 Å². The first kappa shape index (κ1) is 23.3. The van der Waals surface area contributed by atoms with E-state index in [1.807, 2.05) is 36.4 Å². The second-order valence-corrected chi connectivity index (χ2v) is 8.67. The summed E-state index contributed by atoms with van der Waals surface area (Å²) in [6.07, 6.45) is 5.14. The first-order chi connectivity index (χ1) is 16.3. The number of anilines is 1. The number of aromatic nitrogens is 1. The smallest absolute Gasteiger partial charge is 0.253 e. The summed E-state index contributed by atoms with van der Waals surface area (Å²) in [7, 11) is 3.45. The van der Waals surface area contributed by atoms with Gasteiger partial charge in [0, 0.05) is 43.9 Å². The molecule has 0 saturated carbocycles. The van der Waals surface area contributed by atoms with Crippen LogP contribution in [-0.2, 0) is 11.2 Å². The van der Waals surface area contributed by atoms with E-state index in [1.165, 1.54) is 6.08 Å². The molecule has 1 aliphatic heterocycles. The Kier molecular flexibility index (Phi) is 6.84. The monoisotopic (exact) mass is 476 g/mol. The van der Waals surface area contributed by atoms with Crippen molar-refractivity contribution in [3.8, 4) is 16.9 Å². The number of carbonyl (C=O) groups is 2. The van der Waals surface area contributed by atoms with E-state index in [2.05, 4.69) is 10.3 Å². The predicted octanol–water partition coefficient (Wildman–Crippen LogP) is 3.82. The number of fused-ring (bicyclic) bond motifs is 1. The van der Waals surface area contributed by atoms with Gasteiger partial charge in [-0.15, -0.1) is 0 Å². The molecule has 0 spiro atoms. The molecule has 1 aliphatic rings. The van der Waals surface area contributed by atoms with Gasteiger partial charge < -0.3 is 20.7 Å². The topological polar surface area (TPSA) is 97.6 Å². The van der Waals surface area contributed by atoms with Crippen molar-refractivity contribution in [2.45, 2.75) is 12.5 Å². The Morgan fingerprint density at radius 3 is 2.62 bits per heavy atom. The first-order valence-electron chi connectivity index (χ1n) is 10.8. The summed E-state index contributed by atoms with van der Waals surface area (Å²) in [6, 6.07) is 14.8. The van der Waals surface area contributed by atoms with Crippen molar-refractivity contribution < 1.29 is 14.3 Å². The molecule has 1 atom stereocenters. The molecule has 3 aromatic rings. The van der Waals surface area contributed by atoms with Crippen molar-refractivity contribution in [2.24, 2.45) is 0 Å². The standard InChI is InChI=1S/C26H25ClN4O3/c1-31(2)26(33)18-7-5-17(6-8-18)19-11-20-12-21(34-25(20)22(27)13-19)15-30-24(32)10-4-16-3-9-23(28)29-14-16/h3-11,13-14,21H,12,15H2,1-2H3,(H2,28,29)(H,30,32). The van der Waals surface area contributed by atoms with Gasteiger partial charge in [-0.2, -0.15) is 0 Å². The maximum atomic E-state index is 12.2. The molecule has 34 heavy (non-hydrogen) atoms. The largest absolute Gasteiger partial charge is 0.486 e. The third-order valence-corrected chi connectivity index (χ3v) is 5.75. The van der Waals surface area contributed by atoms with Crippen LogP contribution >= 0.6 is 11.6 Å². The van der Waals surface area contributed by atoms with Crippen LogP contribution in [-0.4, -0.2) is 48.4 Å². The van der Waals surface area contributed by atoms with E-state index < -0.39 is 0 Å². The maximum Gasteiger partial charge on any atom is 0.253 e. The fourth-order valence-electron chi connectivity index (χ4n) is 3.69. The number of benzene rings is 2. The average Bonchev–Trinajstić information content (AvgIpc) is 3.25. The van der Waals surface area contributed by atoms with Gasteiger partial charge in [0.15, 0.2) is 0 Å². The average molecular weight is 477 g/mol. The van der Waals surface area contributed by atoms with Gasteiger partial charge in [0.1, 0.15) is 17.7 Å². The van der Waals surface area contributed by atoms with Gasteiger partial charge in [0.25, 0.3) is 5.91 Å². The van der Waals surface area contributed by atoms with Crippen molar-refractivity contribution >= 4 is 35.3 Å². The van der Waals surface area contributed by atoms with Crippen LogP contribution < -0.4 is 15.8 Å². The molecular weight excluding hydrogens is 452 g/mol. The number of pyridine rings is 1. The molecular formula is C26H25ClN4O3. The summed E-state index contributed by atoms with van der Waals surface area (Å²) >= 11 is 6.51. The fourth-order valence-corrected chi connectivity index (χ4v) is 3.98. The van der Waals surface area contributed by atoms with Gasteiger partial charge in [-0.1, -0.05) is 23.7 Å². The number of hydrogen-bond acceptors (Lipinski definition) is 5. The number of carbonyl (C=O) groups excluding carboxylic acids is 2. The Labute approximate surface area is 203 Å². The second-order valence-electron chi connectivity index (χ2n) is 8.26. The van der Waals surface area contributed by atoms with Crippen LogP contribution in [0.5, 0.6) is 5.75 Å². The van der Waals surface area contributed by atoms with Gasteiger partial charge in [0.2, 0.25) is 5.91 Å². The Hall–Kier alpha value is -3.84. The molecule has 8 heteroatoms. The zero-order valence-corrected chi connectivity index (χ0v) is 19.7. The fraction of sp³-hybridized carbons (Fsp3) is 0.192. The Morgan fingerprint density at radius 2 is 1.94 bits per heavy atom. The number of ether oxygens (including phenoxy) is 1. The van der Waals surface area contributed by atoms with E-state index in [-0.39, 0.29) is 17.9 Å². The first-order valence-corrected chi connectivity index (χ1v) is 11.2. The molecule has 1 unspecified atom stereocenters. The minimum absolute atomic E-state index is 0.0446. The van der Waals surface area contributed by atoms with Crippen molar-refractivity contribution in [1.29, 1.82) is 0 Å².